The van der Waals surface area contributed by atoms with Gasteiger partial charge in [-0.1, -0.05) is 193 Å². The van der Waals surface area contributed by atoms with Crippen LogP contribution in [0.25, 0.3) is 0 Å². The lowest BCUT2D eigenvalue weighted by Crippen LogP contribution is -2.18. The van der Waals surface area contributed by atoms with E-state index in [2.05, 4.69) is 180 Å². The second kappa shape index (κ2) is 29.7. The molecule has 0 bridgehead atoms. The standard InChI is InChI=1S/3C10H22.C9H20.C8H18/c1-8(2)7-9(3)10(4,5)6;1-8(2)6-10(5)7-9(3)4;1-6-10(5,7-2)8-9(3)4;1-7(2)6-9(5)8(3)4;1-7(2)6-8(3,4)5/h8-9H,7H2,1-6H3;8-10H,6-7H2,1-5H3;9H,6-8H2,1-5H3;7-9H,6H2,1-5H3;7H,6H2,1-5H3. The summed E-state index contributed by atoms with van der Waals surface area (Å²) in [7, 11) is 0. The molecule has 0 saturated carbocycles. The molecule has 0 aliphatic carbocycles. The van der Waals surface area contributed by atoms with Crippen molar-refractivity contribution in [3.05, 3.63) is 0 Å². The van der Waals surface area contributed by atoms with Gasteiger partial charge < -0.3 is 0 Å². The van der Waals surface area contributed by atoms with Crippen molar-refractivity contribution in [2.75, 3.05) is 0 Å². The van der Waals surface area contributed by atoms with Crippen molar-refractivity contribution in [1.29, 1.82) is 0 Å². The summed E-state index contributed by atoms with van der Waals surface area (Å²) in [5.41, 5.74) is 1.62. The Morgan fingerprint density at radius 3 is 0.809 bits per heavy atom. The molecule has 292 valence electrons. The molecule has 2 unspecified atom stereocenters. The van der Waals surface area contributed by atoms with Crippen molar-refractivity contribution in [2.45, 2.75) is 231 Å². The van der Waals surface area contributed by atoms with Gasteiger partial charge in [0.25, 0.3) is 0 Å². The number of hydrogen-bond donors (Lipinski definition) is 0. The van der Waals surface area contributed by atoms with Crippen LogP contribution in [0.4, 0.5) is 0 Å². The van der Waals surface area contributed by atoms with Gasteiger partial charge in [-0.15, -0.1) is 0 Å². The molecular formula is C47H104. The lowest BCUT2D eigenvalue weighted by Gasteiger charge is -2.28. The minimum Gasteiger partial charge on any atom is -0.0649 e. The Bertz CT molecular complexity index is 601. The van der Waals surface area contributed by atoms with Gasteiger partial charge in [-0.3, -0.25) is 0 Å². The molecule has 0 nitrogen and oxygen atoms in total. The largest absolute Gasteiger partial charge is 0.0649 e. The van der Waals surface area contributed by atoms with Gasteiger partial charge in [-0.2, -0.15) is 0 Å². The number of rotatable bonds is 14. The molecular weight excluding hydrogens is 565 g/mol. The van der Waals surface area contributed by atoms with Gasteiger partial charge in [0.15, 0.2) is 0 Å². The maximum atomic E-state index is 2.40. The molecule has 0 saturated heterocycles. The van der Waals surface area contributed by atoms with E-state index in [1.807, 2.05) is 0 Å². The van der Waals surface area contributed by atoms with Crippen LogP contribution in [0.3, 0.4) is 0 Å². The monoisotopic (exact) mass is 669 g/mol. The van der Waals surface area contributed by atoms with E-state index < -0.39 is 0 Å². The first-order valence-corrected chi connectivity index (χ1v) is 20.8. The van der Waals surface area contributed by atoms with Crippen molar-refractivity contribution in [1.82, 2.24) is 0 Å². The van der Waals surface area contributed by atoms with Crippen LogP contribution in [-0.2, 0) is 0 Å². The first-order chi connectivity index (χ1) is 20.8. The van der Waals surface area contributed by atoms with Gasteiger partial charge >= 0.3 is 0 Å². The molecule has 0 aliphatic rings. The number of hydrogen-bond acceptors (Lipinski definition) is 0. The highest BCUT2D eigenvalue weighted by atomic mass is 14.3. The Balaban J connectivity index is -0.000000157. The summed E-state index contributed by atoms with van der Waals surface area (Å²) in [6, 6.07) is 0. The molecule has 0 rings (SSSR count). The second-order valence-corrected chi connectivity index (χ2v) is 21.4. The average Bonchev–Trinajstić information content (AvgIpc) is 2.81. The fraction of sp³-hybridized carbons (Fsp3) is 1.00. The fourth-order valence-electron chi connectivity index (χ4n) is 6.53. The maximum absolute atomic E-state index is 2.40. The average molecular weight is 669 g/mol. The third-order valence-corrected chi connectivity index (χ3v) is 9.66. The summed E-state index contributed by atoms with van der Waals surface area (Å²) < 4.78 is 0. The van der Waals surface area contributed by atoms with Gasteiger partial charge in [-0.25, -0.2) is 0 Å². The molecule has 0 aromatic carbocycles. The van der Waals surface area contributed by atoms with E-state index in [9.17, 15) is 0 Å². The molecule has 0 amide bonds. The lowest BCUT2D eigenvalue weighted by atomic mass is 9.78. The minimum absolute atomic E-state index is 0.490. The van der Waals surface area contributed by atoms with Gasteiger partial charge in [-0.05, 0) is 114 Å². The van der Waals surface area contributed by atoms with E-state index in [4.69, 9.17) is 0 Å². The topological polar surface area (TPSA) is 0 Å². The van der Waals surface area contributed by atoms with E-state index in [1.54, 1.807) is 0 Å². The van der Waals surface area contributed by atoms with Gasteiger partial charge in [0.1, 0.15) is 0 Å². The molecule has 47 heavy (non-hydrogen) atoms. The summed E-state index contributed by atoms with van der Waals surface area (Å²) in [4.78, 5) is 0. The Labute approximate surface area is 306 Å². The summed E-state index contributed by atoms with van der Waals surface area (Å²) in [6.45, 7) is 60.0. The zero-order valence-electron chi connectivity index (χ0n) is 38.9. The molecule has 0 aliphatic heterocycles. The summed E-state index contributed by atoms with van der Waals surface area (Å²) in [6.07, 6.45) is 10.8. The molecule has 2 atom stereocenters. The molecule has 0 N–H and O–H groups in total. The van der Waals surface area contributed by atoms with E-state index in [-0.39, 0.29) is 0 Å². The Kier molecular flexibility index (Phi) is 35.6. The highest BCUT2D eigenvalue weighted by Gasteiger charge is 2.21. The highest BCUT2D eigenvalue weighted by molar-refractivity contribution is 4.72. The summed E-state index contributed by atoms with van der Waals surface area (Å²) in [5.74, 6) is 8.64. The van der Waals surface area contributed by atoms with Crippen LogP contribution in [0.15, 0.2) is 0 Å². The zero-order chi connectivity index (χ0) is 38.9. The van der Waals surface area contributed by atoms with Crippen LogP contribution in [0, 0.1) is 75.4 Å². The zero-order valence-corrected chi connectivity index (χ0v) is 38.9. The molecule has 0 fully saturated rings. The lowest BCUT2D eigenvalue weighted by molar-refractivity contribution is 0.224. The minimum atomic E-state index is 0.490. The van der Waals surface area contributed by atoms with Gasteiger partial charge in [0.05, 0.1) is 0 Å². The van der Waals surface area contributed by atoms with Gasteiger partial charge in [0, 0.05) is 0 Å². The van der Waals surface area contributed by atoms with Crippen molar-refractivity contribution in [3.8, 4) is 0 Å². The quantitative estimate of drug-likeness (QED) is 0.173. The van der Waals surface area contributed by atoms with Crippen LogP contribution in [0.5, 0.6) is 0 Å². The summed E-state index contributed by atoms with van der Waals surface area (Å²) in [5, 5.41) is 0. The van der Waals surface area contributed by atoms with Crippen molar-refractivity contribution in [2.24, 2.45) is 75.4 Å². The van der Waals surface area contributed by atoms with Gasteiger partial charge in [0.2, 0.25) is 0 Å². The highest BCUT2D eigenvalue weighted by Crippen LogP contribution is 2.33. The first kappa shape index (κ1) is 56.4. The Hall–Kier alpha value is 0. The van der Waals surface area contributed by atoms with Crippen LogP contribution < -0.4 is 0 Å². The molecule has 0 radical (unpaired) electrons. The molecule has 0 aromatic rings. The van der Waals surface area contributed by atoms with E-state index >= 15 is 0 Å². The predicted octanol–water partition coefficient (Wildman–Crippen LogP) is 17.7. The first-order valence-electron chi connectivity index (χ1n) is 20.8. The van der Waals surface area contributed by atoms with Crippen molar-refractivity contribution in [3.63, 3.8) is 0 Å². The third kappa shape index (κ3) is 50.5. The molecule has 0 spiro atoms. The summed E-state index contributed by atoms with van der Waals surface area (Å²) >= 11 is 0. The maximum Gasteiger partial charge on any atom is -0.0329 e. The van der Waals surface area contributed by atoms with E-state index in [0.29, 0.717) is 16.2 Å². The van der Waals surface area contributed by atoms with Crippen LogP contribution in [-0.4, -0.2) is 0 Å². The molecule has 0 heteroatoms. The van der Waals surface area contributed by atoms with E-state index in [1.165, 1.54) is 51.4 Å². The molecule has 0 heterocycles. The van der Waals surface area contributed by atoms with Crippen molar-refractivity contribution >= 4 is 0 Å². The smallest absolute Gasteiger partial charge is 0.0329 e. The van der Waals surface area contributed by atoms with Crippen LogP contribution >= 0.6 is 0 Å². The SMILES string of the molecule is CC(C)CC(C)(C)C.CC(C)CC(C)C(C)(C)C.CC(C)CC(C)C(C)C.CC(C)CC(C)CC(C)C.CCC(C)(CC)CC(C)C. The van der Waals surface area contributed by atoms with Crippen LogP contribution in [0.2, 0.25) is 0 Å². The second-order valence-electron chi connectivity index (χ2n) is 21.4. The fourth-order valence-corrected chi connectivity index (χ4v) is 6.53. The Morgan fingerprint density at radius 1 is 0.383 bits per heavy atom. The predicted molar refractivity (Wildman–Crippen MR) is 227 cm³/mol. The van der Waals surface area contributed by atoms with Crippen molar-refractivity contribution < 1.29 is 0 Å². The Morgan fingerprint density at radius 2 is 0.702 bits per heavy atom. The molecule has 0 aromatic heterocycles. The van der Waals surface area contributed by atoms with E-state index in [0.717, 1.165) is 59.2 Å². The third-order valence-electron chi connectivity index (χ3n) is 9.66. The normalized spacial score (nSPS) is 13.7. The van der Waals surface area contributed by atoms with Crippen LogP contribution in [0.1, 0.15) is 231 Å².